The predicted octanol–water partition coefficient (Wildman–Crippen LogP) is 1.76. The van der Waals surface area contributed by atoms with Crippen LogP contribution in [0.15, 0.2) is 18.2 Å². The van der Waals surface area contributed by atoms with Crippen LogP contribution in [-0.2, 0) is 11.3 Å². The molecule has 0 saturated heterocycles. The SMILES string of the molecule is CCn1c(C)c(C(N)C(=O)O)c2ccc(O)cc21. The van der Waals surface area contributed by atoms with E-state index in [0.717, 1.165) is 16.6 Å². The zero-order valence-corrected chi connectivity index (χ0v) is 10.3. The minimum Gasteiger partial charge on any atom is -0.508 e. The lowest BCUT2D eigenvalue weighted by Crippen LogP contribution is -2.21. The molecule has 0 aliphatic rings. The van der Waals surface area contributed by atoms with Crippen molar-refractivity contribution in [3.63, 3.8) is 0 Å². The molecule has 96 valence electrons. The summed E-state index contributed by atoms with van der Waals surface area (Å²) in [7, 11) is 0. The molecule has 1 unspecified atom stereocenters. The van der Waals surface area contributed by atoms with Crippen molar-refractivity contribution in [2.45, 2.75) is 26.4 Å². The minimum absolute atomic E-state index is 0.158. The third-order valence-electron chi connectivity index (χ3n) is 3.25. The average molecular weight is 248 g/mol. The average Bonchev–Trinajstić information content (AvgIpc) is 2.59. The van der Waals surface area contributed by atoms with Gasteiger partial charge in [-0.05, 0) is 26.0 Å². The molecule has 0 aliphatic carbocycles. The van der Waals surface area contributed by atoms with Crippen molar-refractivity contribution in [1.82, 2.24) is 4.57 Å². The van der Waals surface area contributed by atoms with Gasteiger partial charge in [0.2, 0.25) is 0 Å². The van der Waals surface area contributed by atoms with E-state index in [1.807, 2.05) is 18.4 Å². The molecule has 4 N–H and O–H groups in total. The molecule has 5 heteroatoms. The van der Waals surface area contributed by atoms with E-state index in [-0.39, 0.29) is 5.75 Å². The largest absolute Gasteiger partial charge is 0.508 e. The van der Waals surface area contributed by atoms with Crippen LogP contribution in [0.1, 0.15) is 24.2 Å². The molecule has 1 aromatic carbocycles. The van der Waals surface area contributed by atoms with Gasteiger partial charge in [-0.1, -0.05) is 0 Å². The van der Waals surface area contributed by atoms with Gasteiger partial charge in [-0.15, -0.1) is 0 Å². The van der Waals surface area contributed by atoms with Crippen molar-refractivity contribution in [3.8, 4) is 5.75 Å². The van der Waals surface area contributed by atoms with Crippen LogP contribution in [0.2, 0.25) is 0 Å². The Morgan fingerprint density at radius 2 is 2.17 bits per heavy atom. The summed E-state index contributed by atoms with van der Waals surface area (Å²) in [6, 6.07) is 3.83. The lowest BCUT2D eigenvalue weighted by Gasteiger charge is -2.08. The van der Waals surface area contributed by atoms with Crippen LogP contribution in [0.25, 0.3) is 10.9 Å². The van der Waals surface area contributed by atoms with Crippen molar-refractivity contribution in [3.05, 3.63) is 29.5 Å². The van der Waals surface area contributed by atoms with Crippen LogP contribution < -0.4 is 5.73 Å². The molecular weight excluding hydrogens is 232 g/mol. The van der Waals surface area contributed by atoms with Gasteiger partial charge in [-0.2, -0.15) is 0 Å². The summed E-state index contributed by atoms with van der Waals surface area (Å²) >= 11 is 0. The first-order valence-electron chi connectivity index (χ1n) is 5.77. The molecular formula is C13H16N2O3. The Hall–Kier alpha value is -2.01. The van der Waals surface area contributed by atoms with E-state index in [0.29, 0.717) is 12.1 Å². The zero-order chi connectivity index (χ0) is 13.4. The molecule has 1 heterocycles. The highest BCUT2D eigenvalue weighted by Crippen LogP contribution is 2.32. The highest BCUT2D eigenvalue weighted by atomic mass is 16.4. The first kappa shape index (κ1) is 12.4. The number of nitrogens with zero attached hydrogens (tertiary/aromatic N) is 1. The second-order valence-corrected chi connectivity index (χ2v) is 4.26. The minimum atomic E-state index is -1.05. The number of aromatic hydroxyl groups is 1. The van der Waals surface area contributed by atoms with Gasteiger partial charge in [0.15, 0.2) is 0 Å². The Bertz CT molecular complexity index is 616. The summed E-state index contributed by atoms with van der Waals surface area (Å²) in [5.74, 6) is -0.897. The molecule has 2 rings (SSSR count). The van der Waals surface area contributed by atoms with Crippen LogP contribution in [0.5, 0.6) is 5.75 Å². The fourth-order valence-corrected chi connectivity index (χ4v) is 2.42. The van der Waals surface area contributed by atoms with Gasteiger partial charge in [0.25, 0.3) is 0 Å². The number of carbonyl (C=O) groups is 1. The monoisotopic (exact) mass is 248 g/mol. The normalized spacial score (nSPS) is 12.8. The molecule has 0 radical (unpaired) electrons. The lowest BCUT2D eigenvalue weighted by molar-refractivity contribution is -0.138. The highest BCUT2D eigenvalue weighted by molar-refractivity contribution is 5.91. The lowest BCUT2D eigenvalue weighted by atomic mass is 10.0. The van der Waals surface area contributed by atoms with Crippen molar-refractivity contribution in [2.75, 3.05) is 0 Å². The first-order valence-corrected chi connectivity index (χ1v) is 5.77. The second-order valence-electron chi connectivity index (χ2n) is 4.26. The quantitative estimate of drug-likeness (QED) is 0.772. The van der Waals surface area contributed by atoms with Crippen molar-refractivity contribution < 1.29 is 15.0 Å². The van der Waals surface area contributed by atoms with E-state index >= 15 is 0 Å². The summed E-state index contributed by atoms with van der Waals surface area (Å²) in [5.41, 5.74) is 7.98. The summed E-state index contributed by atoms with van der Waals surface area (Å²) in [6.07, 6.45) is 0. The second kappa shape index (κ2) is 4.34. The Balaban J connectivity index is 2.81. The van der Waals surface area contributed by atoms with Crippen LogP contribution in [0.4, 0.5) is 0 Å². The Labute approximate surface area is 104 Å². The number of rotatable bonds is 3. The summed E-state index contributed by atoms with van der Waals surface area (Å²) in [4.78, 5) is 11.1. The van der Waals surface area contributed by atoms with Gasteiger partial charge in [0.05, 0.1) is 5.52 Å². The molecule has 18 heavy (non-hydrogen) atoms. The van der Waals surface area contributed by atoms with Gasteiger partial charge in [-0.3, -0.25) is 4.79 Å². The van der Waals surface area contributed by atoms with Gasteiger partial charge < -0.3 is 20.5 Å². The van der Waals surface area contributed by atoms with E-state index in [2.05, 4.69) is 0 Å². The van der Waals surface area contributed by atoms with Gasteiger partial charge in [0.1, 0.15) is 11.8 Å². The third-order valence-corrected chi connectivity index (χ3v) is 3.25. The number of phenolic OH excluding ortho intramolecular Hbond substituents is 1. The number of fused-ring (bicyclic) bond motifs is 1. The summed E-state index contributed by atoms with van der Waals surface area (Å²) in [5, 5.41) is 19.4. The van der Waals surface area contributed by atoms with Crippen molar-refractivity contribution in [2.24, 2.45) is 5.73 Å². The molecule has 0 saturated carbocycles. The van der Waals surface area contributed by atoms with Gasteiger partial charge in [-0.25, -0.2) is 0 Å². The smallest absolute Gasteiger partial charge is 0.325 e. The maximum absolute atomic E-state index is 11.1. The summed E-state index contributed by atoms with van der Waals surface area (Å²) < 4.78 is 1.95. The summed E-state index contributed by atoms with van der Waals surface area (Å²) in [6.45, 7) is 4.50. The van der Waals surface area contributed by atoms with E-state index in [9.17, 15) is 9.90 Å². The molecule has 1 aromatic heterocycles. The number of carboxylic acid groups (broad SMARTS) is 1. The van der Waals surface area contributed by atoms with Crippen molar-refractivity contribution >= 4 is 16.9 Å². The maximum Gasteiger partial charge on any atom is 0.325 e. The number of aryl methyl sites for hydroxylation is 1. The fraction of sp³-hybridized carbons (Fsp3) is 0.308. The standard InChI is InChI=1S/C13H16N2O3/c1-3-15-7(2)11(12(14)13(17)18)9-5-4-8(16)6-10(9)15/h4-6,12,16H,3,14H2,1-2H3,(H,17,18). The van der Waals surface area contributed by atoms with Gasteiger partial charge >= 0.3 is 5.97 Å². The molecule has 2 aromatic rings. The molecule has 0 spiro atoms. The molecule has 0 amide bonds. The molecule has 5 nitrogen and oxygen atoms in total. The Morgan fingerprint density at radius 3 is 2.72 bits per heavy atom. The number of carboxylic acids is 1. The molecule has 0 fully saturated rings. The van der Waals surface area contributed by atoms with Crippen LogP contribution >= 0.6 is 0 Å². The number of benzene rings is 1. The van der Waals surface area contributed by atoms with Crippen LogP contribution in [0.3, 0.4) is 0 Å². The number of nitrogens with two attached hydrogens (primary N) is 1. The Morgan fingerprint density at radius 1 is 1.50 bits per heavy atom. The third kappa shape index (κ3) is 1.73. The number of hydrogen-bond acceptors (Lipinski definition) is 3. The first-order chi connectivity index (χ1) is 8.47. The zero-order valence-electron chi connectivity index (χ0n) is 10.3. The van der Waals surface area contributed by atoms with E-state index in [1.165, 1.54) is 0 Å². The number of aliphatic carboxylic acids is 1. The fourth-order valence-electron chi connectivity index (χ4n) is 2.42. The number of aromatic nitrogens is 1. The number of hydrogen-bond donors (Lipinski definition) is 3. The highest BCUT2D eigenvalue weighted by Gasteiger charge is 2.23. The van der Waals surface area contributed by atoms with E-state index in [1.54, 1.807) is 18.2 Å². The topological polar surface area (TPSA) is 88.5 Å². The molecule has 1 atom stereocenters. The van der Waals surface area contributed by atoms with Crippen LogP contribution in [-0.4, -0.2) is 20.7 Å². The van der Waals surface area contributed by atoms with E-state index < -0.39 is 12.0 Å². The van der Waals surface area contributed by atoms with Crippen LogP contribution in [0, 0.1) is 6.92 Å². The van der Waals surface area contributed by atoms with Crippen molar-refractivity contribution in [1.29, 1.82) is 0 Å². The maximum atomic E-state index is 11.1. The Kier molecular flexibility index (Phi) is 3.00. The molecule has 0 bridgehead atoms. The van der Waals surface area contributed by atoms with E-state index in [4.69, 9.17) is 10.8 Å². The van der Waals surface area contributed by atoms with Gasteiger partial charge in [0, 0.05) is 29.3 Å². The number of phenols is 1. The molecule has 0 aliphatic heterocycles. The predicted molar refractivity (Wildman–Crippen MR) is 68.6 cm³/mol.